The summed E-state index contributed by atoms with van der Waals surface area (Å²) in [4.78, 5) is 0. The van der Waals surface area contributed by atoms with Crippen LogP contribution in [0.1, 0.15) is 42.9 Å². The molecule has 0 aliphatic carbocycles. The first kappa shape index (κ1) is 12.9. The fourth-order valence-electron chi connectivity index (χ4n) is 2.51. The van der Waals surface area contributed by atoms with Crippen LogP contribution in [0.2, 0.25) is 0 Å². The molecule has 0 aromatic heterocycles. The summed E-state index contributed by atoms with van der Waals surface area (Å²) < 4.78 is 0. The van der Waals surface area contributed by atoms with E-state index in [-0.39, 0.29) is 0 Å². The summed E-state index contributed by atoms with van der Waals surface area (Å²) in [7, 11) is 0. The molecule has 1 atom stereocenters. The van der Waals surface area contributed by atoms with Crippen molar-refractivity contribution >= 4 is 0 Å². The van der Waals surface area contributed by atoms with Crippen molar-refractivity contribution in [1.82, 2.24) is 0 Å². The minimum Gasteiger partial charge on any atom is -0.0627 e. The predicted octanol–water partition coefficient (Wildman–Crippen LogP) is 5.17. The third kappa shape index (κ3) is 3.22. The quantitative estimate of drug-likeness (QED) is 0.689. The maximum atomic E-state index is 2.32. The Balaban J connectivity index is 2.37. The Labute approximate surface area is 111 Å². The van der Waals surface area contributed by atoms with Gasteiger partial charge >= 0.3 is 0 Å². The van der Waals surface area contributed by atoms with Crippen molar-refractivity contribution in [2.75, 3.05) is 0 Å². The van der Waals surface area contributed by atoms with Crippen molar-refractivity contribution in [1.29, 1.82) is 0 Å². The fourth-order valence-corrected chi connectivity index (χ4v) is 2.51. The van der Waals surface area contributed by atoms with Gasteiger partial charge in [-0.15, -0.1) is 0 Å². The molecule has 0 nitrogen and oxygen atoms in total. The van der Waals surface area contributed by atoms with Crippen LogP contribution in [-0.4, -0.2) is 0 Å². The van der Waals surface area contributed by atoms with E-state index in [0.717, 1.165) is 0 Å². The SMILES string of the molecule is Cc1cccc(C(CC(C)C)c2ccccc2)c1. The Bertz CT molecular complexity index is 482. The molecule has 18 heavy (non-hydrogen) atoms. The summed E-state index contributed by atoms with van der Waals surface area (Å²) >= 11 is 0. The van der Waals surface area contributed by atoms with Crippen molar-refractivity contribution in [3.8, 4) is 0 Å². The van der Waals surface area contributed by atoms with Crippen LogP contribution in [0.15, 0.2) is 54.6 Å². The topological polar surface area (TPSA) is 0 Å². The van der Waals surface area contributed by atoms with Gasteiger partial charge in [-0.3, -0.25) is 0 Å². The fraction of sp³-hybridized carbons (Fsp3) is 0.333. The van der Waals surface area contributed by atoms with E-state index >= 15 is 0 Å². The van der Waals surface area contributed by atoms with E-state index in [1.807, 2.05) is 0 Å². The zero-order valence-corrected chi connectivity index (χ0v) is 11.6. The number of rotatable bonds is 4. The summed E-state index contributed by atoms with van der Waals surface area (Å²) in [5.41, 5.74) is 4.21. The first-order valence-corrected chi connectivity index (χ1v) is 6.78. The molecule has 0 aliphatic rings. The maximum absolute atomic E-state index is 2.32. The van der Waals surface area contributed by atoms with Gasteiger partial charge in [-0.05, 0) is 30.4 Å². The number of aryl methyl sites for hydroxylation is 1. The molecule has 1 unspecified atom stereocenters. The summed E-state index contributed by atoms with van der Waals surface area (Å²) in [5, 5.41) is 0. The average molecular weight is 238 g/mol. The molecular formula is C18H22. The van der Waals surface area contributed by atoms with Crippen LogP contribution in [0.3, 0.4) is 0 Å². The third-order valence-electron chi connectivity index (χ3n) is 3.35. The number of hydrogen-bond donors (Lipinski definition) is 0. The smallest absolute Gasteiger partial charge is 0.00918 e. The second kappa shape index (κ2) is 5.86. The lowest BCUT2D eigenvalue weighted by atomic mass is 9.84. The lowest BCUT2D eigenvalue weighted by Crippen LogP contribution is -2.05. The van der Waals surface area contributed by atoms with Crippen molar-refractivity contribution < 1.29 is 0 Å². The van der Waals surface area contributed by atoms with Crippen LogP contribution in [0.4, 0.5) is 0 Å². The molecule has 0 spiro atoms. The predicted molar refractivity (Wildman–Crippen MR) is 78.9 cm³/mol. The zero-order chi connectivity index (χ0) is 13.0. The van der Waals surface area contributed by atoms with E-state index in [4.69, 9.17) is 0 Å². The average Bonchev–Trinajstić information content (AvgIpc) is 2.37. The number of benzene rings is 2. The second-order valence-corrected chi connectivity index (χ2v) is 5.51. The molecule has 0 heterocycles. The Morgan fingerprint density at radius 3 is 2.11 bits per heavy atom. The lowest BCUT2D eigenvalue weighted by molar-refractivity contribution is 0.541. The van der Waals surface area contributed by atoms with E-state index < -0.39 is 0 Å². The van der Waals surface area contributed by atoms with Gasteiger partial charge in [-0.1, -0.05) is 74.0 Å². The Morgan fingerprint density at radius 1 is 0.833 bits per heavy atom. The molecule has 94 valence electrons. The van der Waals surface area contributed by atoms with Crippen LogP contribution in [0.5, 0.6) is 0 Å². The van der Waals surface area contributed by atoms with E-state index in [2.05, 4.69) is 75.4 Å². The highest BCUT2D eigenvalue weighted by Gasteiger charge is 2.15. The largest absolute Gasteiger partial charge is 0.0627 e. The molecule has 0 amide bonds. The van der Waals surface area contributed by atoms with Gasteiger partial charge < -0.3 is 0 Å². The van der Waals surface area contributed by atoms with Gasteiger partial charge in [-0.2, -0.15) is 0 Å². The molecule has 0 aliphatic heterocycles. The highest BCUT2D eigenvalue weighted by atomic mass is 14.2. The molecular weight excluding hydrogens is 216 g/mol. The van der Waals surface area contributed by atoms with Crippen LogP contribution in [-0.2, 0) is 0 Å². The van der Waals surface area contributed by atoms with E-state index in [1.54, 1.807) is 0 Å². The van der Waals surface area contributed by atoms with Crippen molar-refractivity contribution in [2.24, 2.45) is 5.92 Å². The summed E-state index contributed by atoms with van der Waals surface area (Å²) in [6.45, 7) is 6.76. The molecule has 0 heteroatoms. The standard InChI is InChI=1S/C18H22/c1-14(2)12-18(16-9-5-4-6-10-16)17-11-7-8-15(3)13-17/h4-11,13-14,18H,12H2,1-3H3. The van der Waals surface area contributed by atoms with E-state index in [9.17, 15) is 0 Å². The highest BCUT2D eigenvalue weighted by Crippen LogP contribution is 2.31. The molecule has 0 fully saturated rings. The molecule has 2 aromatic carbocycles. The van der Waals surface area contributed by atoms with Crippen LogP contribution >= 0.6 is 0 Å². The Kier molecular flexibility index (Phi) is 4.19. The minimum absolute atomic E-state index is 0.520. The van der Waals surface area contributed by atoms with Gasteiger partial charge in [0.1, 0.15) is 0 Å². The van der Waals surface area contributed by atoms with Gasteiger partial charge in [-0.25, -0.2) is 0 Å². The van der Waals surface area contributed by atoms with Crippen molar-refractivity contribution in [3.05, 3.63) is 71.3 Å². The molecule has 0 bridgehead atoms. The van der Waals surface area contributed by atoms with Crippen molar-refractivity contribution in [2.45, 2.75) is 33.1 Å². The molecule has 0 radical (unpaired) electrons. The molecule has 0 saturated carbocycles. The van der Waals surface area contributed by atoms with E-state index in [1.165, 1.54) is 23.1 Å². The van der Waals surface area contributed by atoms with Gasteiger partial charge in [0.25, 0.3) is 0 Å². The number of hydrogen-bond acceptors (Lipinski definition) is 0. The molecule has 2 aromatic rings. The van der Waals surface area contributed by atoms with Crippen molar-refractivity contribution in [3.63, 3.8) is 0 Å². The van der Waals surface area contributed by atoms with E-state index in [0.29, 0.717) is 11.8 Å². The summed E-state index contributed by atoms with van der Waals surface area (Å²) in [6, 6.07) is 19.8. The first-order valence-electron chi connectivity index (χ1n) is 6.78. The Hall–Kier alpha value is -1.56. The van der Waals surface area contributed by atoms with Gasteiger partial charge in [0.15, 0.2) is 0 Å². The third-order valence-corrected chi connectivity index (χ3v) is 3.35. The summed E-state index contributed by atoms with van der Waals surface area (Å²) in [6.07, 6.45) is 1.20. The molecule has 0 saturated heterocycles. The van der Waals surface area contributed by atoms with Gasteiger partial charge in [0.05, 0.1) is 0 Å². The monoisotopic (exact) mass is 238 g/mol. The van der Waals surface area contributed by atoms with Crippen LogP contribution in [0, 0.1) is 12.8 Å². The maximum Gasteiger partial charge on any atom is 0.00918 e. The Morgan fingerprint density at radius 2 is 1.50 bits per heavy atom. The minimum atomic E-state index is 0.520. The van der Waals surface area contributed by atoms with Gasteiger partial charge in [0.2, 0.25) is 0 Å². The van der Waals surface area contributed by atoms with Crippen LogP contribution < -0.4 is 0 Å². The highest BCUT2D eigenvalue weighted by molar-refractivity contribution is 5.34. The normalized spacial score (nSPS) is 12.7. The zero-order valence-electron chi connectivity index (χ0n) is 11.6. The lowest BCUT2D eigenvalue weighted by Gasteiger charge is -2.20. The molecule has 0 N–H and O–H groups in total. The second-order valence-electron chi connectivity index (χ2n) is 5.51. The van der Waals surface area contributed by atoms with Crippen LogP contribution in [0.25, 0.3) is 0 Å². The summed E-state index contributed by atoms with van der Waals surface area (Å²) in [5.74, 6) is 1.22. The first-order chi connectivity index (χ1) is 8.66. The molecule has 2 rings (SSSR count). The van der Waals surface area contributed by atoms with Gasteiger partial charge in [0, 0.05) is 5.92 Å².